The maximum absolute atomic E-state index is 11.6. The molecule has 0 bridgehead atoms. The van der Waals surface area contributed by atoms with Gasteiger partial charge in [-0.3, -0.25) is 0 Å². The Labute approximate surface area is 112 Å². The van der Waals surface area contributed by atoms with Gasteiger partial charge in [-0.2, -0.15) is 0 Å². The zero-order valence-corrected chi connectivity index (χ0v) is 10.9. The van der Waals surface area contributed by atoms with Gasteiger partial charge in [-0.25, -0.2) is 9.69 Å². The Morgan fingerprint density at radius 2 is 1.68 bits per heavy atom. The molecular formula is C15H16N2O2. The summed E-state index contributed by atoms with van der Waals surface area (Å²) in [5.41, 5.74) is 9.39. The standard InChI is InChI=1S/C15H16N2O2/c1-10-6-5-9-13(11(10)2)17(15(18)19)14-8-4-3-7-12(14)16/h3-9H,16H2,1-2H3,(H,18,19). The van der Waals surface area contributed by atoms with Crippen LogP contribution in [0.3, 0.4) is 0 Å². The van der Waals surface area contributed by atoms with E-state index in [0.29, 0.717) is 17.1 Å². The van der Waals surface area contributed by atoms with Crippen LogP contribution in [0.5, 0.6) is 0 Å². The van der Waals surface area contributed by atoms with Crippen molar-refractivity contribution in [1.29, 1.82) is 0 Å². The first-order chi connectivity index (χ1) is 9.02. The smallest absolute Gasteiger partial charge is 0.416 e. The van der Waals surface area contributed by atoms with Crippen LogP contribution in [0.4, 0.5) is 21.9 Å². The van der Waals surface area contributed by atoms with Gasteiger partial charge in [-0.1, -0.05) is 24.3 Å². The second-order valence-corrected chi connectivity index (χ2v) is 4.40. The molecule has 0 aromatic heterocycles. The van der Waals surface area contributed by atoms with E-state index >= 15 is 0 Å². The Hall–Kier alpha value is -2.49. The van der Waals surface area contributed by atoms with Crippen molar-refractivity contribution in [2.75, 3.05) is 10.6 Å². The van der Waals surface area contributed by atoms with Gasteiger partial charge in [0.25, 0.3) is 0 Å². The van der Waals surface area contributed by atoms with E-state index in [2.05, 4.69) is 0 Å². The van der Waals surface area contributed by atoms with Gasteiger partial charge in [0.1, 0.15) is 0 Å². The summed E-state index contributed by atoms with van der Waals surface area (Å²) in [5, 5.41) is 9.49. The van der Waals surface area contributed by atoms with Crippen LogP contribution in [0, 0.1) is 13.8 Å². The molecule has 4 heteroatoms. The molecule has 98 valence electrons. The van der Waals surface area contributed by atoms with Crippen LogP contribution in [0.15, 0.2) is 42.5 Å². The van der Waals surface area contributed by atoms with E-state index in [0.717, 1.165) is 11.1 Å². The molecule has 0 atom stereocenters. The lowest BCUT2D eigenvalue weighted by Gasteiger charge is -2.23. The number of hydrogen-bond donors (Lipinski definition) is 2. The summed E-state index contributed by atoms with van der Waals surface area (Å²) in [5.74, 6) is 0. The van der Waals surface area contributed by atoms with Crippen molar-refractivity contribution in [2.24, 2.45) is 0 Å². The Bertz CT molecular complexity index is 623. The second-order valence-electron chi connectivity index (χ2n) is 4.40. The lowest BCUT2D eigenvalue weighted by molar-refractivity contribution is 0.205. The molecule has 0 unspecified atom stereocenters. The summed E-state index contributed by atoms with van der Waals surface area (Å²) in [7, 11) is 0. The first-order valence-electron chi connectivity index (χ1n) is 5.96. The minimum Gasteiger partial charge on any atom is -0.464 e. The minimum absolute atomic E-state index is 0.436. The number of anilines is 3. The van der Waals surface area contributed by atoms with Gasteiger partial charge in [0.2, 0.25) is 0 Å². The normalized spacial score (nSPS) is 10.2. The summed E-state index contributed by atoms with van der Waals surface area (Å²) in [4.78, 5) is 12.8. The number of nitrogens with two attached hydrogens (primary N) is 1. The number of carboxylic acid groups (broad SMARTS) is 1. The van der Waals surface area contributed by atoms with Gasteiger partial charge in [0, 0.05) is 0 Å². The van der Waals surface area contributed by atoms with E-state index in [-0.39, 0.29) is 0 Å². The van der Waals surface area contributed by atoms with E-state index in [1.807, 2.05) is 26.0 Å². The number of para-hydroxylation sites is 2. The molecule has 1 amide bonds. The summed E-state index contributed by atoms with van der Waals surface area (Å²) in [6.07, 6.45) is -1.05. The summed E-state index contributed by atoms with van der Waals surface area (Å²) >= 11 is 0. The molecular weight excluding hydrogens is 240 g/mol. The van der Waals surface area contributed by atoms with Gasteiger partial charge in [-0.05, 0) is 43.2 Å². The monoisotopic (exact) mass is 256 g/mol. The van der Waals surface area contributed by atoms with Crippen molar-refractivity contribution < 1.29 is 9.90 Å². The molecule has 0 heterocycles. The molecule has 2 aromatic rings. The van der Waals surface area contributed by atoms with Gasteiger partial charge in [0.05, 0.1) is 17.1 Å². The van der Waals surface area contributed by atoms with Crippen molar-refractivity contribution >= 4 is 23.2 Å². The van der Waals surface area contributed by atoms with Crippen LogP contribution in [-0.2, 0) is 0 Å². The predicted molar refractivity (Wildman–Crippen MR) is 76.9 cm³/mol. The number of rotatable bonds is 2. The molecule has 0 saturated heterocycles. The topological polar surface area (TPSA) is 66.6 Å². The fraction of sp³-hybridized carbons (Fsp3) is 0.133. The van der Waals surface area contributed by atoms with Gasteiger partial charge in [0.15, 0.2) is 0 Å². The third-order valence-electron chi connectivity index (χ3n) is 3.19. The number of nitrogens with zero attached hydrogens (tertiary/aromatic N) is 1. The molecule has 2 rings (SSSR count). The van der Waals surface area contributed by atoms with E-state index in [4.69, 9.17) is 5.73 Å². The number of benzene rings is 2. The van der Waals surface area contributed by atoms with E-state index in [1.54, 1.807) is 30.3 Å². The Kier molecular flexibility index (Phi) is 3.42. The number of hydrogen-bond acceptors (Lipinski definition) is 2. The molecule has 0 saturated carbocycles. The highest BCUT2D eigenvalue weighted by Gasteiger charge is 2.20. The van der Waals surface area contributed by atoms with Crippen molar-refractivity contribution in [3.8, 4) is 0 Å². The SMILES string of the molecule is Cc1cccc(N(C(=O)O)c2ccccc2N)c1C. The van der Waals surface area contributed by atoms with E-state index in [9.17, 15) is 9.90 Å². The predicted octanol–water partition coefficient (Wildman–Crippen LogP) is 3.70. The van der Waals surface area contributed by atoms with Crippen LogP contribution in [0.2, 0.25) is 0 Å². The van der Waals surface area contributed by atoms with Crippen molar-refractivity contribution in [3.05, 3.63) is 53.6 Å². The maximum Gasteiger partial charge on any atom is 0.416 e. The first kappa shape index (κ1) is 13.0. The number of amides is 1. The second kappa shape index (κ2) is 5.02. The fourth-order valence-corrected chi connectivity index (χ4v) is 2.00. The molecule has 0 aliphatic heterocycles. The van der Waals surface area contributed by atoms with Crippen molar-refractivity contribution in [3.63, 3.8) is 0 Å². The minimum atomic E-state index is -1.05. The Morgan fingerprint density at radius 1 is 1.05 bits per heavy atom. The molecule has 2 aromatic carbocycles. The largest absolute Gasteiger partial charge is 0.464 e. The van der Waals surface area contributed by atoms with Crippen LogP contribution in [-0.4, -0.2) is 11.2 Å². The molecule has 3 N–H and O–H groups in total. The highest BCUT2D eigenvalue weighted by atomic mass is 16.4. The van der Waals surface area contributed by atoms with Gasteiger partial charge >= 0.3 is 6.09 Å². The first-order valence-corrected chi connectivity index (χ1v) is 5.96. The third-order valence-corrected chi connectivity index (χ3v) is 3.19. The zero-order chi connectivity index (χ0) is 14.0. The van der Waals surface area contributed by atoms with Gasteiger partial charge < -0.3 is 10.8 Å². The summed E-state index contributed by atoms with van der Waals surface area (Å²) in [6, 6.07) is 12.5. The number of carbonyl (C=O) groups is 1. The Balaban J connectivity index is 2.62. The van der Waals surface area contributed by atoms with E-state index in [1.165, 1.54) is 4.90 Å². The van der Waals surface area contributed by atoms with Crippen molar-refractivity contribution in [2.45, 2.75) is 13.8 Å². The number of aryl methyl sites for hydroxylation is 1. The van der Waals surface area contributed by atoms with E-state index < -0.39 is 6.09 Å². The fourth-order valence-electron chi connectivity index (χ4n) is 2.00. The molecule has 0 radical (unpaired) electrons. The molecule has 0 spiro atoms. The summed E-state index contributed by atoms with van der Waals surface area (Å²) < 4.78 is 0. The molecule has 4 nitrogen and oxygen atoms in total. The van der Waals surface area contributed by atoms with Gasteiger partial charge in [-0.15, -0.1) is 0 Å². The average Bonchev–Trinajstić information content (AvgIpc) is 2.37. The van der Waals surface area contributed by atoms with Crippen LogP contribution in [0.1, 0.15) is 11.1 Å². The highest BCUT2D eigenvalue weighted by Crippen LogP contribution is 2.33. The molecule has 0 aliphatic rings. The van der Waals surface area contributed by atoms with Crippen molar-refractivity contribution in [1.82, 2.24) is 0 Å². The summed E-state index contributed by atoms with van der Waals surface area (Å²) in [6.45, 7) is 3.85. The quantitative estimate of drug-likeness (QED) is 0.805. The number of nitrogen functional groups attached to an aromatic ring is 1. The maximum atomic E-state index is 11.6. The van der Waals surface area contributed by atoms with Crippen LogP contribution in [0.25, 0.3) is 0 Å². The van der Waals surface area contributed by atoms with Crippen LogP contribution >= 0.6 is 0 Å². The average molecular weight is 256 g/mol. The lowest BCUT2D eigenvalue weighted by Crippen LogP contribution is -2.25. The molecule has 0 aliphatic carbocycles. The Morgan fingerprint density at radius 3 is 2.32 bits per heavy atom. The lowest BCUT2D eigenvalue weighted by atomic mass is 10.1. The zero-order valence-electron chi connectivity index (χ0n) is 10.9. The van der Waals surface area contributed by atoms with Crippen LogP contribution < -0.4 is 10.6 Å². The third kappa shape index (κ3) is 2.38. The molecule has 0 fully saturated rings. The highest BCUT2D eigenvalue weighted by molar-refractivity contribution is 5.98. The molecule has 19 heavy (non-hydrogen) atoms.